The molecule has 0 N–H and O–H groups in total. The molecule has 1 rings (SSSR count). The molecule has 1 aliphatic rings. The number of nitrogens with zero attached hydrogens (tertiary/aromatic N) is 2. The van der Waals surface area contributed by atoms with Crippen LogP contribution in [0.15, 0.2) is 11.1 Å². The quantitative estimate of drug-likeness (QED) is 0.662. The zero-order valence-corrected chi connectivity index (χ0v) is 11.2. The molecule has 0 spiro atoms. The monoisotopic (exact) mass is 224 g/mol. The van der Waals surface area contributed by atoms with Crippen molar-refractivity contribution < 1.29 is 4.79 Å². The van der Waals surface area contributed by atoms with Crippen LogP contribution >= 0.6 is 0 Å². The fourth-order valence-electron chi connectivity index (χ4n) is 2.26. The van der Waals surface area contributed by atoms with Crippen LogP contribution in [0.2, 0.25) is 0 Å². The van der Waals surface area contributed by atoms with Gasteiger partial charge in [-0.25, -0.2) is 4.79 Å². The molecular formula is C13H24N2O. The Hall–Kier alpha value is -0.990. The summed E-state index contributed by atoms with van der Waals surface area (Å²) in [5.74, 6) is 0. The molecule has 0 radical (unpaired) electrons. The average Bonchev–Trinajstić information content (AvgIpc) is 2.78. The minimum Gasteiger partial charge on any atom is -0.331 e. The van der Waals surface area contributed by atoms with E-state index in [9.17, 15) is 4.79 Å². The predicted molar refractivity (Wildman–Crippen MR) is 67.5 cm³/mol. The van der Waals surface area contributed by atoms with Gasteiger partial charge in [0.1, 0.15) is 0 Å². The number of hydrogen-bond acceptors (Lipinski definition) is 1. The molecule has 2 amide bonds. The third-order valence-corrected chi connectivity index (χ3v) is 3.66. The van der Waals surface area contributed by atoms with E-state index in [-0.39, 0.29) is 12.1 Å². The largest absolute Gasteiger partial charge is 0.331 e. The Morgan fingerprint density at radius 3 is 2.12 bits per heavy atom. The molecule has 1 fully saturated rings. The summed E-state index contributed by atoms with van der Waals surface area (Å²) in [4.78, 5) is 15.3. The van der Waals surface area contributed by atoms with E-state index >= 15 is 0 Å². The van der Waals surface area contributed by atoms with Crippen molar-refractivity contribution >= 4 is 6.03 Å². The van der Waals surface area contributed by atoms with Crippen LogP contribution in [0.3, 0.4) is 0 Å². The molecule has 0 unspecified atom stereocenters. The first-order valence-electron chi connectivity index (χ1n) is 6.07. The lowest BCUT2D eigenvalue weighted by Gasteiger charge is -2.29. The highest BCUT2D eigenvalue weighted by atomic mass is 16.2. The van der Waals surface area contributed by atoms with Crippen LogP contribution in [-0.2, 0) is 0 Å². The Balaban J connectivity index is 2.73. The van der Waals surface area contributed by atoms with Crippen molar-refractivity contribution in [1.29, 1.82) is 0 Å². The summed E-state index contributed by atoms with van der Waals surface area (Å²) < 4.78 is 0. The number of likely N-dealkylation sites (N-methyl/N-ethyl adjacent to an activating group) is 1. The van der Waals surface area contributed by atoms with Crippen LogP contribution in [-0.4, -0.2) is 43.0 Å². The van der Waals surface area contributed by atoms with Crippen LogP contribution in [0.5, 0.6) is 0 Å². The molecule has 0 saturated heterocycles. The Labute approximate surface area is 99.1 Å². The second kappa shape index (κ2) is 5.37. The van der Waals surface area contributed by atoms with E-state index in [2.05, 4.69) is 13.8 Å². The smallest absolute Gasteiger partial charge is 0.319 e. The summed E-state index contributed by atoms with van der Waals surface area (Å²) in [7, 11) is 5.47. The van der Waals surface area contributed by atoms with Gasteiger partial charge in [0.2, 0.25) is 0 Å². The second-order valence-electron chi connectivity index (χ2n) is 4.96. The molecule has 0 aromatic heterocycles. The molecule has 0 aromatic rings. The number of carbonyl (C=O) groups is 1. The highest BCUT2D eigenvalue weighted by molar-refractivity contribution is 5.74. The second-order valence-corrected chi connectivity index (χ2v) is 4.96. The molecule has 0 aromatic carbocycles. The van der Waals surface area contributed by atoms with E-state index in [0.29, 0.717) is 0 Å². The van der Waals surface area contributed by atoms with E-state index in [1.807, 2.05) is 11.9 Å². The number of urea groups is 1. The van der Waals surface area contributed by atoms with Crippen LogP contribution in [0, 0.1) is 0 Å². The average molecular weight is 224 g/mol. The normalized spacial score (nSPS) is 17.2. The molecule has 0 heterocycles. The Morgan fingerprint density at radius 2 is 1.69 bits per heavy atom. The fourth-order valence-corrected chi connectivity index (χ4v) is 2.26. The van der Waals surface area contributed by atoms with Crippen LogP contribution in [0.1, 0.15) is 39.5 Å². The predicted octanol–water partition coefficient (Wildman–Crippen LogP) is 2.88. The zero-order chi connectivity index (χ0) is 12.3. The zero-order valence-electron chi connectivity index (χ0n) is 11.2. The van der Waals surface area contributed by atoms with E-state index in [1.165, 1.54) is 31.3 Å². The fraction of sp³-hybridized carbons (Fsp3) is 0.769. The van der Waals surface area contributed by atoms with E-state index < -0.39 is 0 Å². The lowest BCUT2D eigenvalue weighted by molar-refractivity contribution is 0.173. The third kappa shape index (κ3) is 2.77. The van der Waals surface area contributed by atoms with Crippen molar-refractivity contribution in [3.05, 3.63) is 11.1 Å². The first-order valence-corrected chi connectivity index (χ1v) is 6.07. The van der Waals surface area contributed by atoms with Gasteiger partial charge < -0.3 is 9.80 Å². The molecule has 1 saturated carbocycles. The third-order valence-electron chi connectivity index (χ3n) is 3.66. The maximum absolute atomic E-state index is 11.8. The van der Waals surface area contributed by atoms with Crippen molar-refractivity contribution in [3.8, 4) is 0 Å². The number of hydrogen-bond donors (Lipinski definition) is 0. The molecule has 3 nitrogen and oxygen atoms in total. The molecular weight excluding hydrogens is 200 g/mol. The molecule has 1 atom stereocenters. The summed E-state index contributed by atoms with van der Waals surface area (Å²) in [5.41, 5.74) is 2.95. The van der Waals surface area contributed by atoms with E-state index in [4.69, 9.17) is 0 Å². The maximum Gasteiger partial charge on any atom is 0.319 e. The van der Waals surface area contributed by atoms with Crippen molar-refractivity contribution in [1.82, 2.24) is 9.80 Å². The lowest BCUT2D eigenvalue weighted by atomic mass is 10.0. The minimum absolute atomic E-state index is 0.0745. The molecule has 0 aliphatic heterocycles. The van der Waals surface area contributed by atoms with Crippen molar-refractivity contribution in [2.45, 2.75) is 45.6 Å². The first-order chi connectivity index (χ1) is 7.45. The molecule has 0 bridgehead atoms. The summed E-state index contributed by atoms with van der Waals surface area (Å²) in [5, 5.41) is 0. The van der Waals surface area contributed by atoms with Gasteiger partial charge >= 0.3 is 6.03 Å². The summed E-state index contributed by atoms with van der Waals surface area (Å²) in [6.45, 7) is 4.28. The van der Waals surface area contributed by atoms with E-state index in [1.54, 1.807) is 24.6 Å². The Bertz CT molecular complexity index is 286. The standard InChI is InChI=1S/C13H24N2O/c1-10(12-8-6-7-9-12)11(2)15(5)13(16)14(3)4/h11H,6-9H2,1-5H3/t11-/m1/s1. The highest BCUT2D eigenvalue weighted by Crippen LogP contribution is 2.29. The van der Waals surface area contributed by atoms with Gasteiger partial charge in [0.15, 0.2) is 0 Å². The lowest BCUT2D eigenvalue weighted by Crippen LogP contribution is -2.42. The molecule has 92 valence electrons. The maximum atomic E-state index is 11.8. The van der Waals surface area contributed by atoms with Crippen molar-refractivity contribution in [2.75, 3.05) is 21.1 Å². The number of amides is 2. The van der Waals surface area contributed by atoms with Crippen LogP contribution in [0.4, 0.5) is 4.79 Å². The topological polar surface area (TPSA) is 23.6 Å². The SMILES string of the molecule is CC(=C1CCCC1)[C@@H](C)N(C)C(=O)N(C)C. The van der Waals surface area contributed by atoms with E-state index in [0.717, 1.165) is 0 Å². The minimum atomic E-state index is 0.0745. The van der Waals surface area contributed by atoms with Gasteiger partial charge in [0.05, 0.1) is 6.04 Å². The van der Waals surface area contributed by atoms with Gasteiger partial charge in [-0.2, -0.15) is 0 Å². The van der Waals surface area contributed by atoms with Crippen molar-refractivity contribution in [2.24, 2.45) is 0 Å². The van der Waals surface area contributed by atoms with Gasteiger partial charge in [-0.3, -0.25) is 0 Å². The van der Waals surface area contributed by atoms with Crippen molar-refractivity contribution in [3.63, 3.8) is 0 Å². The van der Waals surface area contributed by atoms with Gasteiger partial charge in [-0.15, -0.1) is 0 Å². The molecule has 3 heteroatoms. The molecule has 1 aliphatic carbocycles. The first kappa shape index (κ1) is 13.1. The van der Waals surface area contributed by atoms with Crippen LogP contribution in [0.25, 0.3) is 0 Å². The Kier molecular flexibility index (Phi) is 4.39. The Morgan fingerprint density at radius 1 is 1.19 bits per heavy atom. The summed E-state index contributed by atoms with van der Waals surface area (Å²) >= 11 is 0. The number of rotatable bonds is 2. The van der Waals surface area contributed by atoms with Gasteiger partial charge in [-0.1, -0.05) is 11.1 Å². The van der Waals surface area contributed by atoms with Gasteiger partial charge in [0, 0.05) is 21.1 Å². The van der Waals surface area contributed by atoms with Gasteiger partial charge in [-0.05, 0) is 39.5 Å². The molecule has 16 heavy (non-hydrogen) atoms. The summed E-state index contributed by atoms with van der Waals surface area (Å²) in [6, 6.07) is 0.286. The number of allylic oxidation sites excluding steroid dienone is 1. The van der Waals surface area contributed by atoms with Gasteiger partial charge in [0.25, 0.3) is 0 Å². The van der Waals surface area contributed by atoms with Crippen LogP contribution < -0.4 is 0 Å². The highest BCUT2D eigenvalue weighted by Gasteiger charge is 2.21. The number of carbonyl (C=O) groups excluding carboxylic acids is 1. The summed E-state index contributed by atoms with van der Waals surface area (Å²) in [6.07, 6.45) is 5.07.